The molecule has 3 aromatic rings. The molecule has 38 heavy (non-hydrogen) atoms. The molecule has 10 heteroatoms. The van der Waals surface area contributed by atoms with Crippen LogP contribution in [0.15, 0.2) is 61.9 Å². The van der Waals surface area contributed by atoms with Gasteiger partial charge in [0, 0.05) is 0 Å². The van der Waals surface area contributed by atoms with Crippen LogP contribution in [0.25, 0.3) is 6.08 Å². The van der Waals surface area contributed by atoms with E-state index in [4.69, 9.17) is 18.9 Å². The summed E-state index contributed by atoms with van der Waals surface area (Å²) in [5, 5.41) is 0. The standard InChI is InChI=1S/C28H29BrN2O6S/c1-6-35-19-11-9-18(10-12-19)24-23(27(33)37-8-3)16(4)30-28-31(24)26(32)22(38-28)15-17-13-20(29)25(36-7-2)21(14-17)34-5/h9-15,24H,6-8H2,1-5H3/b22-15-/t24-/m1/s1. The maximum absolute atomic E-state index is 13.8. The van der Waals surface area contributed by atoms with Gasteiger partial charge in [0.1, 0.15) is 5.75 Å². The van der Waals surface area contributed by atoms with E-state index in [0.717, 1.165) is 11.1 Å². The third-order valence-corrected chi connectivity index (χ3v) is 7.43. The predicted molar refractivity (Wildman–Crippen MR) is 150 cm³/mol. The van der Waals surface area contributed by atoms with Gasteiger partial charge in [-0.2, -0.15) is 0 Å². The third-order valence-electron chi connectivity index (χ3n) is 5.86. The minimum atomic E-state index is -0.690. The van der Waals surface area contributed by atoms with E-state index >= 15 is 0 Å². The van der Waals surface area contributed by atoms with Crippen LogP contribution in [0.3, 0.4) is 0 Å². The number of esters is 1. The molecule has 1 atom stereocenters. The van der Waals surface area contributed by atoms with Gasteiger partial charge in [0.15, 0.2) is 16.3 Å². The highest BCUT2D eigenvalue weighted by molar-refractivity contribution is 9.10. The molecule has 1 aliphatic heterocycles. The smallest absolute Gasteiger partial charge is 0.338 e. The summed E-state index contributed by atoms with van der Waals surface area (Å²) in [6.07, 6.45) is 1.78. The van der Waals surface area contributed by atoms with Gasteiger partial charge in [-0.25, -0.2) is 9.79 Å². The van der Waals surface area contributed by atoms with Gasteiger partial charge < -0.3 is 18.9 Å². The Kier molecular flexibility index (Phi) is 8.73. The average Bonchev–Trinajstić information content (AvgIpc) is 3.19. The molecule has 2 heterocycles. The lowest BCUT2D eigenvalue weighted by molar-refractivity contribution is -0.139. The van der Waals surface area contributed by atoms with E-state index in [9.17, 15) is 9.59 Å². The first-order valence-electron chi connectivity index (χ1n) is 12.3. The van der Waals surface area contributed by atoms with E-state index in [1.165, 1.54) is 11.3 Å². The SMILES string of the molecule is CCOC(=O)C1=C(C)N=c2s/c(=C\c3cc(Br)c(OCC)c(OC)c3)c(=O)n2[C@@H]1c1ccc(OCC)cc1. The number of carbonyl (C=O) groups excluding carboxylic acids is 1. The number of rotatable bonds is 9. The quantitative estimate of drug-likeness (QED) is 0.339. The molecule has 0 saturated carbocycles. The van der Waals surface area contributed by atoms with Gasteiger partial charge in [0.2, 0.25) is 0 Å². The van der Waals surface area contributed by atoms with Crippen molar-refractivity contribution in [1.29, 1.82) is 0 Å². The topological polar surface area (TPSA) is 88.4 Å². The second-order valence-corrected chi connectivity index (χ2v) is 10.1. The summed E-state index contributed by atoms with van der Waals surface area (Å²) in [4.78, 5) is 32.0. The molecule has 0 bridgehead atoms. The fourth-order valence-electron chi connectivity index (χ4n) is 4.28. The van der Waals surface area contributed by atoms with E-state index in [1.807, 2.05) is 50.2 Å². The first-order valence-corrected chi connectivity index (χ1v) is 13.9. The van der Waals surface area contributed by atoms with E-state index in [-0.39, 0.29) is 12.2 Å². The van der Waals surface area contributed by atoms with Gasteiger partial charge in [-0.1, -0.05) is 23.5 Å². The lowest BCUT2D eigenvalue weighted by atomic mass is 9.96. The fraction of sp³-hybridized carbons (Fsp3) is 0.321. The van der Waals surface area contributed by atoms with Crippen molar-refractivity contribution in [2.75, 3.05) is 26.9 Å². The summed E-state index contributed by atoms with van der Waals surface area (Å²) in [5.74, 6) is 1.35. The van der Waals surface area contributed by atoms with Gasteiger partial charge in [-0.05, 0) is 85.1 Å². The molecular weight excluding hydrogens is 572 g/mol. The van der Waals surface area contributed by atoms with Crippen LogP contribution in [0, 0.1) is 0 Å². The Bertz CT molecular complexity index is 1560. The molecule has 1 aliphatic rings. The van der Waals surface area contributed by atoms with Crippen molar-refractivity contribution in [2.24, 2.45) is 4.99 Å². The van der Waals surface area contributed by atoms with E-state index in [1.54, 1.807) is 31.6 Å². The molecule has 0 radical (unpaired) electrons. The van der Waals surface area contributed by atoms with Crippen LogP contribution in [0.2, 0.25) is 0 Å². The van der Waals surface area contributed by atoms with Crippen molar-refractivity contribution in [3.05, 3.63) is 83.0 Å². The molecule has 0 spiro atoms. The Labute approximate surface area is 233 Å². The Morgan fingerprint density at radius 3 is 2.45 bits per heavy atom. The van der Waals surface area contributed by atoms with Crippen LogP contribution < -0.4 is 29.1 Å². The molecule has 4 rings (SSSR count). The Morgan fingerprint density at radius 2 is 1.82 bits per heavy atom. The van der Waals surface area contributed by atoms with Gasteiger partial charge in [0.25, 0.3) is 5.56 Å². The van der Waals surface area contributed by atoms with Crippen LogP contribution in [-0.4, -0.2) is 37.5 Å². The molecule has 200 valence electrons. The molecule has 0 saturated heterocycles. The molecule has 1 aromatic heterocycles. The maximum atomic E-state index is 13.8. The Hall–Kier alpha value is -3.37. The number of hydrogen-bond acceptors (Lipinski definition) is 8. The van der Waals surface area contributed by atoms with Crippen LogP contribution >= 0.6 is 27.3 Å². The summed E-state index contributed by atoms with van der Waals surface area (Å²) >= 11 is 4.80. The zero-order chi connectivity index (χ0) is 27.4. The summed E-state index contributed by atoms with van der Waals surface area (Å²) in [7, 11) is 1.57. The molecule has 2 aromatic carbocycles. The maximum Gasteiger partial charge on any atom is 0.338 e. The minimum Gasteiger partial charge on any atom is -0.494 e. The zero-order valence-electron chi connectivity index (χ0n) is 21.9. The lowest BCUT2D eigenvalue weighted by Crippen LogP contribution is -2.39. The van der Waals surface area contributed by atoms with Crippen molar-refractivity contribution in [3.63, 3.8) is 0 Å². The molecule has 8 nitrogen and oxygen atoms in total. The number of fused-ring (bicyclic) bond motifs is 1. The molecule has 0 unspecified atom stereocenters. The second kappa shape index (κ2) is 12.0. The minimum absolute atomic E-state index is 0.213. The number of aromatic nitrogens is 1. The Balaban J connectivity index is 1.90. The molecule has 0 fully saturated rings. The van der Waals surface area contributed by atoms with Crippen LogP contribution in [0.5, 0.6) is 17.2 Å². The average molecular weight is 602 g/mol. The predicted octanol–water partition coefficient (Wildman–Crippen LogP) is 4.37. The van der Waals surface area contributed by atoms with Crippen LogP contribution in [-0.2, 0) is 9.53 Å². The highest BCUT2D eigenvalue weighted by Crippen LogP contribution is 2.37. The molecular formula is C28H29BrN2O6S. The largest absolute Gasteiger partial charge is 0.494 e. The number of benzene rings is 2. The van der Waals surface area contributed by atoms with Crippen LogP contribution in [0.4, 0.5) is 0 Å². The van der Waals surface area contributed by atoms with Crippen molar-refractivity contribution in [2.45, 2.75) is 33.7 Å². The first-order chi connectivity index (χ1) is 18.3. The van der Waals surface area contributed by atoms with Gasteiger partial charge in [0.05, 0.1) is 53.2 Å². The van der Waals surface area contributed by atoms with Crippen molar-refractivity contribution in [3.8, 4) is 17.2 Å². The number of nitrogens with zero attached hydrogens (tertiary/aromatic N) is 2. The number of carbonyl (C=O) groups is 1. The fourth-order valence-corrected chi connectivity index (χ4v) is 5.90. The van der Waals surface area contributed by atoms with E-state index < -0.39 is 12.0 Å². The summed E-state index contributed by atoms with van der Waals surface area (Å²) < 4.78 is 24.9. The number of ether oxygens (including phenoxy) is 4. The second-order valence-electron chi connectivity index (χ2n) is 8.27. The number of allylic oxidation sites excluding steroid dienone is 1. The van der Waals surface area contributed by atoms with Gasteiger partial charge in [-0.3, -0.25) is 9.36 Å². The summed E-state index contributed by atoms with van der Waals surface area (Å²) in [6, 6.07) is 10.4. The molecule has 0 amide bonds. The van der Waals surface area contributed by atoms with E-state index in [0.29, 0.717) is 55.5 Å². The van der Waals surface area contributed by atoms with Crippen LogP contribution in [0.1, 0.15) is 44.9 Å². The monoisotopic (exact) mass is 600 g/mol. The van der Waals surface area contributed by atoms with Crippen molar-refractivity contribution in [1.82, 2.24) is 4.57 Å². The first kappa shape index (κ1) is 27.7. The lowest BCUT2D eigenvalue weighted by Gasteiger charge is -2.24. The van der Waals surface area contributed by atoms with Gasteiger partial charge >= 0.3 is 5.97 Å². The van der Waals surface area contributed by atoms with Crippen molar-refractivity contribution >= 4 is 39.3 Å². The molecule has 0 aliphatic carbocycles. The molecule has 0 N–H and O–H groups in total. The number of halogens is 1. The summed E-state index contributed by atoms with van der Waals surface area (Å²) in [5.41, 5.74) is 2.09. The van der Waals surface area contributed by atoms with E-state index in [2.05, 4.69) is 20.9 Å². The highest BCUT2D eigenvalue weighted by atomic mass is 79.9. The zero-order valence-corrected chi connectivity index (χ0v) is 24.3. The Morgan fingerprint density at radius 1 is 1.11 bits per heavy atom. The third kappa shape index (κ3) is 5.42. The number of methoxy groups -OCH3 is 1. The highest BCUT2D eigenvalue weighted by Gasteiger charge is 2.33. The normalized spacial score (nSPS) is 15.1. The number of thiazole rings is 1. The van der Waals surface area contributed by atoms with Crippen molar-refractivity contribution < 1.29 is 23.7 Å². The number of hydrogen-bond donors (Lipinski definition) is 0. The van der Waals surface area contributed by atoms with Gasteiger partial charge in [-0.15, -0.1) is 0 Å². The summed E-state index contributed by atoms with van der Waals surface area (Å²) in [6.45, 7) is 8.56.